The van der Waals surface area contributed by atoms with E-state index in [0.29, 0.717) is 24.4 Å². The third-order valence-electron chi connectivity index (χ3n) is 4.86. The van der Waals surface area contributed by atoms with E-state index in [9.17, 15) is 22.8 Å². The minimum absolute atomic E-state index is 0.00144. The summed E-state index contributed by atoms with van der Waals surface area (Å²) in [5, 5.41) is 5.42. The molecule has 1 aliphatic heterocycles. The highest BCUT2D eigenvalue weighted by molar-refractivity contribution is 7.91. The number of carbonyl (C=O) groups is 3. The van der Waals surface area contributed by atoms with Crippen molar-refractivity contribution in [3.63, 3.8) is 0 Å². The van der Waals surface area contributed by atoms with Crippen LogP contribution in [0.2, 0.25) is 0 Å². The van der Waals surface area contributed by atoms with Gasteiger partial charge < -0.3 is 20.3 Å². The summed E-state index contributed by atoms with van der Waals surface area (Å²) in [4.78, 5) is 39.9. The van der Waals surface area contributed by atoms with Gasteiger partial charge in [0.15, 0.2) is 9.84 Å². The SMILES string of the molecule is CCN(CC(=O)N[C@H]1CCS(=O)(=O)C1)C(=O)CN(C)CC(=O)Nc1ccc(OC)cc1. The Labute approximate surface area is 182 Å². The summed E-state index contributed by atoms with van der Waals surface area (Å²) in [5.41, 5.74) is 0.617. The van der Waals surface area contributed by atoms with Gasteiger partial charge in [0, 0.05) is 18.3 Å². The van der Waals surface area contributed by atoms with Crippen molar-refractivity contribution >= 4 is 33.2 Å². The quantitative estimate of drug-likeness (QED) is 0.498. The Morgan fingerprint density at radius 2 is 1.77 bits per heavy atom. The number of methoxy groups -OCH3 is 1. The average molecular weight is 455 g/mol. The molecule has 31 heavy (non-hydrogen) atoms. The van der Waals surface area contributed by atoms with Crippen LogP contribution < -0.4 is 15.4 Å². The first-order chi connectivity index (χ1) is 14.6. The van der Waals surface area contributed by atoms with Crippen molar-refractivity contribution in [1.82, 2.24) is 15.1 Å². The molecule has 1 atom stereocenters. The molecule has 1 aromatic carbocycles. The van der Waals surface area contributed by atoms with Crippen molar-refractivity contribution in [2.24, 2.45) is 0 Å². The number of carbonyl (C=O) groups excluding carboxylic acids is 3. The van der Waals surface area contributed by atoms with Gasteiger partial charge in [-0.05, 0) is 44.7 Å². The molecule has 1 aromatic rings. The molecular formula is C20H30N4O6S. The molecule has 11 heteroatoms. The fraction of sp³-hybridized carbons (Fsp3) is 0.550. The van der Waals surface area contributed by atoms with E-state index < -0.39 is 21.8 Å². The molecule has 0 aromatic heterocycles. The van der Waals surface area contributed by atoms with Crippen molar-refractivity contribution in [3.8, 4) is 5.75 Å². The monoisotopic (exact) mass is 454 g/mol. The number of nitrogens with one attached hydrogen (secondary N) is 2. The Morgan fingerprint density at radius 3 is 2.32 bits per heavy atom. The standard InChI is InChI=1S/C20H30N4O6S/c1-4-24(12-19(26)22-16-9-10-31(28,29)14-16)20(27)13-23(2)11-18(25)21-15-5-7-17(30-3)8-6-15/h5-8,16H,4,9-14H2,1-3H3,(H,21,25)(H,22,26)/t16-/m0/s1. The van der Waals surface area contributed by atoms with Crippen molar-refractivity contribution in [3.05, 3.63) is 24.3 Å². The summed E-state index contributed by atoms with van der Waals surface area (Å²) < 4.78 is 28.1. The Morgan fingerprint density at radius 1 is 1.10 bits per heavy atom. The molecule has 2 rings (SSSR count). The summed E-state index contributed by atoms with van der Waals surface area (Å²) in [7, 11) is 0.108. The number of amides is 3. The van der Waals surface area contributed by atoms with Crippen LogP contribution in [-0.2, 0) is 24.2 Å². The maximum absolute atomic E-state index is 12.5. The third-order valence-corrected chi connectivity index (χ3v) is 6.63. The highest BCUT2D eigenvalue weighted by Gasteiger charge is 2.29. The summed E-state index contributed by atoms with van der Waals surface area (Å²) >= 11 is 0. The number of ether oxygens (including phenoxy) is 1. The second-order valence-electron chi connectivity index (χ2n) is 7.52. The fourth-order valence-corrected chi connectivity index (χ4v) is 4.91. The lowest BCUT2D eigenvalue weighted by Gasteiger charge is -2.24. The molecule has 172 valence electrons. The van der Waals surface area contributed by atoms with Crippen LogP contribution in [0.5, 0.6) is 5.75 Å². The number of likely N-dealkylation sites (N-methyl/N-ethyl adjacent to an activating group) is 2. The van der Waals surface area contributed by atoms with Gasteiger partial charge >= 0.3 is 0 Å². The largest absolute Gasteiger partial charge is 0.497 e. The number of rotatable bonds is 10. The van der Waals surface area contributed by atoms with Gasteiger partial charge in [-0.3, -0.25) is 19.3 Å². The minimum atomic E-state index is -3.09. The van der Waals surface area contributed by atoms with Gasteiger partial charge in [-0.1, -0.05) is 0 Å². The second-order valence-corrected chi connectivity index (χ2v) is 9.75. The summed E-state index contributed by atoms with van der Waals surface area (Å²) in [6.07, 6.45) is 0.389. The van der Waals surface area contributed by atoms with E-state index in [0.717, 1.165) is 0 Å². The van der Waals surface area contributed by atoms with Crippen molar-refractivity contribution in [2.75, 3.05) is 57.2 Å². The smallest absolute Gasteiger partial charge is 0.239 e. The van der Waals surface area contributed by atoms with Crippen molar-refractivity contribution in [2.45, 2.75) is 19.4 Å². The zero-order valence-corrected chi connectivity index (χ0v) is 18.9. The normalized spacial score (nSPS) is 17.2. The van der Waals surface area contributed by atoms with Gasteiger partial charge in [0.2, 0.25) is 17.7 Å². The van der Waals surface area contributed by atoms with Crippen LogP contribution in [0.3, 0.4) is 0 Å². The molecule has 1 saturated heterocycles. The first kappa shape index (κ1) is 24.6. The number of anilines is 1. The van der Waals surface area contributed by atoms with Gasteiger partial charge in [0.1, 0.15) is 5.75 Å². The second kappa shape index (κ2) is 11.1. The minimum Gasteiger partial charge on any atom is -0.497 e. The molecule has 1 heterocycles. The molecule has 0 bridgehead atoms. The molecule has 0 unspecified atom stereocenters. The maximum atomic E-state index is 12.5. The van der Waals surface area contributed by atoms with Gasteiger partial charge in [0.05, 0.1) is 38.2 Å². The average Bonchev–Trinajstić information content (AvgIpc) is 3.04. The predicted octanol–water partition coefficient (Wildman–Crippen LogP) is -0.283. The number of benzene rings is 1. The lowest BCUT2D eigenvalue weighted by molar-refractivity contribution is -0.137. The molecule has 0 aliphatic carbocycles. The number of sulfone groups is 1. The van der Waals surface area contributed by atoms with Crippen molar-refractivity contribution < 1.29 is 27.5 Å². The number of hydrogen-bond donors (Lipinski definition) is 2. The molecular weight excluding hydrogens is 424 g/mol. The third kappa shape index (κ3) is 8.18. The van der Waals surface area contributed by atoms with E-state index in [1.807, 2.05) is 0 Å². The van der Waals surface area contributed by atoms with Gasteiger partial charge in [0.25, 0.3) is 0 Å². The Hall–Kier alpha value is -2.66. The first-order valence-corrected chi connectivity index (χ1v) is 11.8. The van der Waals surface area contributed by atoms with E-state index in [1.165, 1.54) is 4.90 Å². The number of nitrogens with zero attached hydrogens (tertiary/aromatic N) is 2. The molecule has 0 radical (unpaired) electrons. The van der Waals surface area contributed by atoms with E-state index in [2.05, 4.69) is 10.6 Å². The lowest BCUT2D eigenvalue weighted by Crippen LogP contribution is -2.47. The predicted molar refractivity (Wildman–Crippen MR) is 117 cm³/mol. The van der Waals surface area contributed by atoms with Crippen molar-refractivity contribution in [1.29, 1.82) is 0 Å². The van der Waals surface area contributed by atoms with E-state index >= 15 is 0 Å². The Balaban J connectivity index is 1.78. The summed E-state index contributed by atoms with van der Waals surface area (Å²) in [6, 6.07) is 6.49. The highest BCUT2D eigenvalue weighted by Crippen LogP contribution is 2.15. The van der Waals surface area contributed by atoms with Crippen LogP contribution in [0, 0.1) is 0 Å². The van der Waals surface area contributed by atoms with Crippen LogP contribution in [0.1, 0.15) is 13.3 Å². The highest BCUT2D eigenvalue weighted by atomic mass is 32.2. The van der Waals surface area contributed by atoms with Crippen LogP contribution >= 0.6 is 0 Å². The molecule has 2 N–H and O–H groups in total. The molecule has 3 amide bonds. The first-order valence-electron chi connectivity index (χ1n) is 10.0. The lowest BCUT2D eigenvalue weighted by atomic mass is 10.2. The van der Waals surface area contributed by atoms with Gasteiger partial charge in [-0.2, -0.15) is 0 Å². The Bertz CT molecular complexity index is 887. The zero-order chi connectivity index (χ0) is 23.0. The van der Waals surface area contributed by atoms with E-state index in [4.69, 9.17) is 4.74 Å². The summed E-state index contributed by atoms with van der Waals surface area (Å²) in [6.45, 7) is 1.89. The summed E-state index contributed by atoms with van der Waals surface area (Å²) in [5.74, 6) is -0.279. The van der Waals surface area contributed by atoms with Crippen LogP contribution in [0.4, 0.5) is 5.69 Å². The molecule has 1 aliphatic rings. The fourth-order valence-electron chi connectivity index (χ4n) is 3.24. The van der Waals surface area contributed by atoms with Crippen LogP contribution in [-0.4, -0.2) is 93.8 Å². The van der Waals surface area contributed by atoms with Crippen LogP contribution in [0.25, 0.3) is 0 Å². The zero-order valence-electron chi connectivity index (χ0n) is 18.1. The Kier molecular flexibility index (Phi) is 8.81. The molecule has 0 saturated carbocycles. The topological polar surface area (TPSA) is 125 Å². The van der Waals surface area contributed by atoms with Crippen LogP contribution in [0.15, 0.2) is 24.3 Å². The molecule has 10 nitrogen and oxygen atoms in total. The van der Waals surface area contributed by atoms with Gasteiger partial charge in [-0.15, -0.1) is 0 Å². The van der Waals surface area contributed by atoms with E-state index in [1.54, 1.807) is 50.2 Å². The maximum Gasteiger partial charge on any atom is 0.239 e. The van der Waals surface area contributed by atoms with Gasteiger partial charge in [-0.25, -0.2) is 8.42 Å². The number of hydrogen-bond acceptors (Lipinski definition) is 7. The molecule has 0 spiro atoms. The van der Waals surface area contributed by atoms with E-state index in [-0.39, 0.29) is 43.0 Å². The molecule has 1 fully saturated rings.